The minimum absolute atomic E-state index is 0.120. The second-order valence-corrected chi connectivity index (χ2v) is 11.7. The second kappa shape index (κ2) is 6.69. The van der Waals surface area contributed by atoms with E-state index in [0.29, 0.717) is 23.2 Å². The Bertz CT molecular complexity index is 599. The normalized spacial score (nSPS) is 53.5. The molecule has 4 aliphatic carbocycles. The van der Waals surface area contributed by atoms with Crippen LogP contribution in [-0.4, -0.2) is 30.2 Å². The highest BCUT2D eigenvalue weighted by molar-refractivity contribution is 5.13. The van der Waals surface area contributed by atoms with Gasteiger partial charge in [-0.05, 0) is 84.9 Å². The Kier molecular flexibility index (Phi) is 4.73. The van der Waals surface area contributed by atoms with Gasteiger partial charge >= 0.3 is 0 Å². The zero-order valence-corrected chi connectivity index (χ0v) is 18.6. The monoisotopic (exact) mass is 390 g/mol. The van der Waals surface area contributed by atoms with Gasteiger partial charge in [0.1, 0.15) is 0 Å². The van der Waals surface area contributed by atoms with Gasteiger partial charge < -0.3 is 14.6 Å². The summed E-state index contributed by atoms with van der Waals surface area (Å²) in [5, 5.41) is 11.6. The molecular weight excluding hydrogens is 348 g/mol. The molecule has 28 heavy (non-hydrogen) atoms. The Balaban J connectivity index is 1.41. The van der Waals surface area contributed by atoms with Crippen molar-refractivity contribution in [2.24, 2.45) is 46.3 Å². The van der Waals surface area contributed by atoms with Crippen LogP contribution in [0.25, 0.3) is 0 Å². The van der Waals surface area contributed by atoms with E-state index in [-0.39, 0.29) is 17.3 Å². The maximum atomic E-state index is 11.6. The molecule has 3 nitrogen and oxygen atoms in total. The van der Waals surface area contributed by atoms with Crippen molar-refractivity contribution >= 4 is 0 Å². The summed E-state index contributed by atoms with van der Waals surface area (Å²) in [5.41, 5.74) is 0.508. The molecule has 5 rings (SSSR count). The van der Waals surface area contributed by atoms with Crippen molar-refractivity contribution in [3.63, 3.8) is 0 Å². The van der Waals surface area contributed by atoms with E-state index in [4.69, 9.17) is 9.47 Å². The minimum Gasteiger partial charge on any atom is -0.393 e. The van der Waals surface area contributed by atoms with Crippen LogP contribution >= 0.6 is 0 Å². The molecule has 160 valence electrons. The van der Waals surface area contributed by atoms with Gasteiger partial charge in [0.2, 0.25) is 0 Å². The molecule has 9 atom stereocenters. The third-order valence-corrected chi connectivity index (χ3v) is 11.0. The molecule has 1 N–H and O–H groups in total. The van der Waals surface area contributed by atoms with Crippen molar-refractivity contribution in [1.82, 2.24) is 0 Å². The third kappa shape index (κ3) is 2.57. The first-order valence-electron chi connectivity index (χ1n) is 12.3. The highest BCUT2D eigenvalue weighted by atomic mass is 16.7. The maximum absolute atomic E-state index is 11.6. The van der Waals surface area contributed by atoms with Gasteiger partial charge in [-0.1, -0.05) is 34.1 Å². The number of aliphatic hydroxyl groups is 1. The van der Waals surface area contributed by atoms with Crippen molar-refractivity contribution in [2.45, 2.75) is 97.4 Å². The maximum Gasteiger partial charge on any atom is 0.168 e. The predicted octanol–water partition coefficient (Wildman–Crippen LogP) is 5.41. The largest absolute Gasteiger partial charge is 0.393 e. The Hall–Kier alpha value is -0.120. The Morgan fingerprint density at radius 2 is 1.75 bits per heavy atom. The van der Waals surface area contributed by atoms with E-state index in [1.165, 1.54) is 38.5 Å². The summed E-state index contributed by atoms with van der Waals surface area (Å²) >= 11 is 0. The molecule has 1 heterocycles. The Morgan fingerprint density at radius 3 is 2.46 bits per heavy atom. The van der Waals surface area contributed by atoms with E-state index in [9.17, 15) is 5.11 Å². The van der Waals surface area contributed by atoms with Gasteiger partial charge in [0.25, 0.3) is 0 Å². The van der Waals surface area contributed by atoms with Crippen LogP contribution in [0.5, 0.6) is 0 Å². The van der Waals surface area contributed by atoms with Gasteiger partial charge in [-0.2, -0.15) is 0 Å². The summed E-state index contributed by atoms with van der Waals surface area (Å²) in [5.74, 6) is 4.11. The van der Waals surface area contributed by atoms with Crippen LogP contribution in [0, 0.1) is 46.3 Å². The van der Waals surface area contributed by atoms with Crippen LogP contribution in [0.4, 0.5) is 0 Å². The van der Waals surface area contributed by atoms with Gasteiger partial charge in [0.05, 0.1) is 19.3 Å². The average Bonchev–Trinajstić information content (AvgIpc) is 3.28. The number of fused-ring (bicyclic) bond motifs is 5. The summed E-state index contributed by atoms with van der Waals surface area (Å²) in [6, 6.07) is 0. The van der Waals surface area contributed by atoms with E-state index in [1.807, 2.05) is 0 Å². The van der Waals surface area contributed by atoms with Crippen molar-refractivity contribution in [3.05, 3.63) is 0 Å². The molecule has 0 unspecified atom stereocenters. The molecule has 1 saturated heterocycles. The quantitative estimate of drug-likeness (QED) is 0.685. The first-order valence-corrected chi connectivity index (χ1v) is 12.3. The second-order valence-electron chi connectivity index (χ2n) is 11.7. The van der Waals surface area contributed by atoms with E-state index >= 15 is 0 Å². The molecule has 1 spiro atoms. The highest BCUT2D eigenvalue weighted by Crippen LogP contribution is 2.69. The number of aliphatic hydroxyl groups excluding tert-OH is 1. The predicted molar refractivity (Wildman–Crippen MR) is 111 cm³/mol. The van der Waals surface area contributed by atoms with Gasteiger partial charge in [-0.15, -0.1) is 0 Å². The highest BCUT2D eigenvalue weighted by Gasteiger charge is 2.64. The fourth-order valence-corrected chi connectivity index (χ4v) is 9.17. The molecular formula is C25H42O3. The van der Waals surface area contributed by atoms with Gasteiger partial charge in [0.15, 0.2) is 5.79 Å². The minimum atomic E-state index is -0.270. The van der Waals surface area contributed by atoms with Gasteiger partial charge in [-0.25, -0.2) is 0 Å². The molecule has 0 aromatic rings. The number of rotatable bonds is 2. The lowest BCUT2D eigenvalue weighted by Crippen LogP contribution is -2.60. The summed E-state index contributed by atoms with van der Waals surface area (Å²) in [4.78, 5) is 0. The van der Waals surface area contributed by atoms with Crippen molar-refractivity contribution in [1.29, 1.82) is 0 Å². The molecule has 5 aliphatic rings. The first-order chi connectivity index (χ1) is 13.3. The van der Waals surface area contributed by atoms with Crippen molar-refractivity contribution in [2.75, 3.05) is 13.2 Å². The zero-order valence-electron chi connectivity index (χ0n) is 18.6. The van der Waals surface area contributed by atoms with Crippen molar-refractivity contribution < 1.29 is 14.6 Å². The number of ether oxygens (including phenoxy) is 2. The van der Waals surface area contributed by atoms with E-state index in [0.717, 1.165) is 50.2 Å². The third-order valence-electron chi connectivity index (χ3n) is 11.0. The molecule has 5 fully saturated rings. The average molecular weight is 391 g/mol. The first kappa shape index (κ1) is 19.8. The van der Waals surface area contributed by atoms with Crippen LogP contribution in [0.3, 0.4) is 0 Å². The molecule has 0 radical (unpaired) electrons. The fraction of sp³-hybridized carbons (Fsp3) is 1.00. The smallest absolute Gasteiger partial charge is 0.168 e. The van der Waals surface area contributed by atoms with Crippen molar-refractivity contribution in [3.8, 4) is 0 Å². The number of hydrogen-bond acceptors (Lipinski definition) is 3. The van der Waals surface area contributed by atoms with Crippen LogP contribution in [-0.2, 0) is 9.47 Å². The summed E-state index contributed by atoms with van der Waals surface area (Å²) in [6.07, 6.45) is 10.9. The van der Waals surface area contributed by atoms with E-state index < -0.39 is 0 Å². The standard InChI is InChI=1S/C25H42O3/c1-5-16(2)19-8-9-20-18-7-6-17-15-25(27-12-13-28-25)11-10-23(17,3)21(18)14-22(26)24(19,20)4/h16-22,26H,5-15H2,1-4H3/t16-,17-,18+,19-,20+,21+,22+,23+,24-/m1/s1. The Morgan fingerprint density at radius 1 is 1.00 bits per heavy atom. The Labute approximate surface area is 171 Å². The number of hydrogen-bond donors (Lipinski definition) is 1. The van der Waals surface area contributed by atoms with Crippen LogP contribution < -0.4 is 0 Å². The van der Waals surface area contributed by atoms with Crippen LogP contribution in [0.2, 0.25) is 0 Å². The lowest BCUT2D eigenvalue weighted by atomic mass is 9.43. The summed E-state index contributed by atoms with van der Waals surface area (Å²) in [7, 11) is 0. The molecule has 0 amide bonds. The van der Waals surface area contributed by atoms with E-state index in [1.54, 1.807) is 0 Å². The lowest BCUT2D eigenvalue weighted by Gasteiger charge is -2.63. The molecule has 1 aliphatic heterocycles. The summed E-state index contributed by atoms with van der Waals surface area (Å²) < 4.78 is 12.2. The fourth-order valence-electron chi connectivity index (χ4n) is 9.17. The zero-order chi connectivity index (χ0) is 19.7. The SMILES string of the molecule is CC[C@@H](C)[C@H]1CC[C@H]2[C@@H]3CC[C@@H]4CC5(CC[C@]4(C)[C@H]3C[C@H](O)[C@]12C)OCCO5. The van der Waals surface area contributed by atoms with Gasteiger partial charge in [-0.3, -0.25) is 0 Å². The molecule has 4 saturated carbocycles. The van der Waals surface area contributed by atoms with Crippen LogP contribution in [0.1, 0.15) is 85.5 Å². The molecule has 3 heteroatoms. The summed E-state index contributed by atoms with van der Waals surface area (Å²) in [6.45, 7) is 11.3. The lowest BCUT2D eigenvalue weighted by molar-refractivity contribution is -0.237. The van der Waals surface area contributed by atoms with Gasteiger partial charge in [0, 0.05) is 12.8 Å². The topological polar surface area (TPSA) is 38.7 Å². The molecule has 0 aromatic heterocycles. The van der Waals surface area contributed by atoms with Crippen LogP contribution in [0.15, 0.2) is 0 Å². The molecule has 0 bridgehead atoms. The van der Waals surface area contributed by atoms with E-state index in [2.05, 4.69) is 27.7 Å². The molecule has 0 aromatic carbocycles.